The van der Waals surface area contributed by atoms with Crippen LogP contribution >= 0.6 is 0 Å². The fourth-order valence-electron chi connectivity index (χ4n) is 2.29. The van der Waals surface area contributed by atoms with E-state index in [0.717, 1.165) is 19.1 Å². The molecule has 0 atom stereocenters. The Morgan fingerprint density at radius 3 is 2.38 bits per heavy atom. The van der Waals surface area contributed by atoms with Gasteiger partial charge in [0.1, 0.15) is 0 Å². The Kier molecular flexibility index (Phi) is 4.74. The molecule has 0 amide bonds. The minimum atomic E-state index is 0.309. The van der Waals surface area contributed by atoms with E-state index in [1.807, 2.05) is 0 Å². The molecule has 2 heteroatoms. The minimum Gasteiger partial charge on any atom is -0.395 e. The third-order valence-electron chi connectivity index (χ3n) is 2.83. The molecule has 1 aliphatic carbocycles. The number of aliphatic hydroxyl groups excluding tert-OH is 1. The van der Waals surface area contributed by atoms with E-state index in [2.05, 4.69) is 18.7 Å². The molecule has 1 rings (SSSR count). The minimum absolute atomic E-state index is 0.309. The summed E-state index contributed by atoms with van der Waals surface area (Å²) in [5.41, 5.74) is 0. The van der Waals surface area contributed by atoms with E-state index < -0.39 is 0 Å². The van der Waals surface area contributed by atoms with E-state index in [9.17, 15) is 0 Å². The summed E-state index contributed by atoms with van der Waals surface area (Å²) in [6.07, 6.45) is 5.44. The SMILES string of the molecule is CC(C)CN(CCO)C1CCCC1. The highest BCUT2D eigenvalue weighted by Gasteiger charge is 2.22. The summed E-state index contributed by atoms with van der Waals surface area (Å²) in [4.78, 5) is 2.47. The van der Waals surface area contributed by atoms with Crippen molar-refractivity contribution in [2.24, 2.45) is 5.92 Å². The van der Waals surface area contributed by atoms with Crippen molar-refractivity contribution in [3.63, 3.8) is 0 Å². The highest BCUT2D eigenvalue weighted by Crippen LogP contribution is 2.23. The molecule has 0 spiro atoms. The van der Waals surface area contributed by atoms with Gasteiger partial charge >= 0.3 is 0 Å². The second-order valence-corrected chi connectivity index (χ2v) is 4.55. The normalized spacial score (nSPS) is 19.2. The first-order valence-electron chi connectivity index (χ1n) is 5.59. The number of hydrogen-bond acceptors (Lipinski definition) is 2. The van der Waals surface area contributed by atoms with E-state index in [1.54, 1.807) is 0 Å². The van der Waals surface area contributed by atoms with Crippen LogP contribution in [-0.2, 0) is 0 Å². The predicted octanol–water partition coefficient (Wildman–Crippen LogP) is 1.88. The summed E-state index contributed by atoms with van der Waals surface area (Å²) in [5.74, 6) is 0.715. The molecule has 0 saturated heterocycles. The van der Waals surface area contributed by atoms with Gasteiger partial charge in [0, 0.05) is 19.1 Å². The summed E-state index contributed by atoms with van der Waals surface area (Å²) in [5, 5.41) is 8.97. The van der Waals surface area contributed by atoms with Gasteiger partial charge in [-0.2, -0.15) is 0 Å². The molecule has 0 unspecified atom stereocenters. The lowest BCUT2D eigenvalue weighted by molar-refractivity contribution is 0.137. The first kappa shape index (κ1) is 11.0. The molecule has 0 heterocycles. The predicted molar refractivity (Wildman–Crippen MR) is 55.8 cm³/mol. The van der Waals surface area contributed by atoms with Crippen LogP contribution in [0.15, 0.2) is 0 Å². The van der Waals surface area contributed by atoms with Crippen molar-refractivity contribution in [1.82, 2.24) is 4.90 Å². The summed E-state index contributed by atoms with van der Waals surface area (Å²) < 4.78 is 0. The molecule has 1 aliphatic rings. The van der Waals surface area contributed by atoms with Gasteiger partial charge in [-0.25, -0.2) is 0 Å². The van der Waals surface area contributed by atoms with Crippen molar-refractivity contribution in [2.45, 2.75) is 45.6 Å². The maximum atomic E-state index is 8.97. The second kappa shape index (κ2) is 5.61. The first-order chi connectivity index (χ1) is 6.24. The number of aliphatic hydroxyl groups is 1. The smallest absolute Gasteiger partial charge is 0.0558 e. The molecule has 1 saturated carbocycles. The standard InChI is InChI=1S/C11H23NO/c1-10(2)9-12(7-8-13)11-5-3-4-6-11/h10-11,13H,3-9H2,1-2H3. The summed E-state index contributed by atoms with van der Waals surface area (Å²) >= 11 is 0. The Morgan fingerprint density at radius 2 is 1.92 bits per heavy atom. The van der Waals surface area contributed by atoms with Gasteiger partial charge in [0.2, 0.25) is 0 Å². The number of rotatable bonds is 5. The molecule has 2 nitrogen and oxygen atoms in total. The van der Waals surface area contributed by atoms with Gasteiger partial charge in [-0.1, -0.05) is 26.7 Å². The molecule has 0 aromatic heterocycles. The number of nitrogens with zero attached hydrogens (tertiary/aromatic N) is 1. The molecule has 0 bridgehead atoms. The Balaban J connectivity index is 2.35. The molecule has 0 aliphatic heterocycles. The van der Waals surface area contributed by atoms with Crippen LogP contribution in [0.2, 0.25) is 0 Å². The van der Waals surface area contributed by atoms with E-state index >= 15 is 0 Å². The molecule has 13 heavy (non-hydrogen) atoms. The zero-order valence-corrected chi connectivity index (χ0v) is 9.00. The maximum absolute atomic E-state index is 8.97. The molecular weight excluding hydrogens is 162 g/mol. The van der Waals surface area contributed by atoms with Gasteiger partial charge in [-0.3, -0.25) is 4.90 Å². The van der Waals surface area contributed by atoms with Gasteiger partial charge in [-0.15, -0.1) is 0 Å². The molecular formula is C11H23NO. The third-order valence-corrected chi connectivity index (χ3v) is 2.83. The molecule has 0 radical (unpaired) electrons. The molecule has 0 aromatic carbocycles. The van der Waals surface area contributed by atoms with Gasteiger partial charge in [0.25, 0.3) is 0 Å². The van der Waals surface area contributed by atoms with E-state index in [1.165, 1.54) is 25.7 Å². The zero-order valence-electron chi connectivity index (χ0n) is 9.00. The average molecular weight is 185 g/mol. The fraction of sp³-hybridized carbons (Fsp3) is 1.00. The van der Waals surface area contributed by atoms with Crippen molar-refractivity contribution in [3.8, 4) is 0 Å². The van der Waals surface area contributed by atoms with Crippen LogP contribution in [0, 0.1) is 5.92 Å². The summed E-state index contributed by atoms with van der Waals surface area (Å²) in [6.45, 7) is 6.82. The van der Waals surface area contributed by atoms with Gasteiger partial charge < -0.3 is 5.11 Å². The summed E-state index contributed by atoms with van der Waals surface area (Å²) in [6, 6.07) is 0.759. The topological polar surface area (TPSA) is 23.5 Å². The third kappa shape index (κ3) is 3.65. The van der Waals surface area contributed by atoms with Crippen LogP contribution < -0.4 is 0 Å². The Morgan fingerprint density at radius 1 is 1.31 bits per heavy atom. The first-order valence-corrected chi connectivity index (χ1v) is 5.59. The lowest BCUT2D eigenvalue weighted by Gasteiger charge is -2.29. The molecule has 0 aromatic rings. The van der Waals surface area contributed by atoms with Crippen LogP contribution in [0.5, 0.6) is 0 Å². The Labute approximate surface area is 81.9 Å². The van der Waals surface area contributed by atoms with Crippen LogP contribution in [0.4, 0.5) is 0 Å². The Bertz CT molecular complexity index is 130. The summed E-state index contributed by atoms with van der Waals surface area (Å²) in [7, 11) is 0. The highest BCUT2D eigenvalue weighted by molar-refractivity contribution is 4.77. The van der Waals surface area contributed by atoms with Crippen molar-refractivity contribution >= 4 is 0 Å². The molecule has 78 valence electrons. The van der Waals surface area contributed by atoms with Crippen molar-refractivity contribution < 1.29 is 5.11 Å². The van der Waals surface area contributed by atoms with E-state index in [0.29, 0.717) is 12.5 Å². The van der Waals surface area contributed by atoms with Gasteiger partial charge in [0.05, 0.1) is 6.61 Å². The lowest BCUT2D eigenvalue weighted by atomic mass is 10.1. The van der Waals surface area contributed by atoms with Crippen LogP contribution in [-0.4, -0.2) is 35.7 Å². The Hall–Kier alpha value is -0.0800. The monoisotopic (exact) mass is 185 g/mol. The van der Waals surface area contributed by atoms with Crippen molar-refractivity contribution in [2.75, 3.05) is 19.7 Å². The largest absolute Gasteiger partial charge is 0.395 e. The van der Waals surface area contributed by atoms with Crippen LogP contribution in [0.3, 0.4) is 0 Å². The van der Waals surface area contributed by atoms with E-state index in [4.69, 9.17) is 5.11 Å². The second-order valence-electron chi connectivity index (χ2n) is 4.55. The average Bonchev–Trinajstić information content (AvgIpc) is 2.54. The van der Waals surface area contributed by atoms with Crippen molar-refractivity contribution in [3.05, 3.63) is 0 Å². The fourth-order valence-corrected chi connectivity index (χ4v) is 2.29. The maximum Gasteiger partial charge on any atom is 0.0558 e. The van der Waals surface area contributed by atoms with E-state index in [-0.39, 0.29) is 0 Å². The van der Waals surface area contributed by atoms with Crippen LogP contribution in [0.25, 0.3) is 0 Å². The number of hydrogen-bond donors (Lipinski definition) is 1. The zero-order chi connectivity index (χ0) is 9.68. The van der Waals surface area contributed by atoms with Crippen LogP contribution in [0.1, 0.15) is 39.5 Å². The van der Waals surface area contributed by atoms with Crippen molar-refractivity contribution in [1.29, 1.82) is 0 Å². The quantitative estimate of drug-likeness (QED) is 0.707. The lowest BCUT2D eigenvalue weighted by Crippen LogP contribution is -2.38. The molecule has 1 N–H and O–H groups in total. The highest BCUT2D eigenvalue weighted by atomic mass is 16.3. The molecule has 1 fully saturated rings. The van der Waals surface area contributed by atoms with Gasteiger partial charge in [-0.05, 0) is 18.8 Å². The van der Waals surface area contributed by atoms with Gasteiger partial charge in [0.15, 0.2) is 0 Å².